The molecule has 1 aliphatic rings. The van der Waals surface area contributed by atoms with Crippen molar-refractivity contribution in [2.24, 2.45) is 11.8 Å². The number of aliphatic hydroxyl groups excluding tert-OH is 1. The van der Waals surface area contributed by atoms with Crippen molar-refractivity contribution in [3.63, 3.8) is 0 Å². The Kier molecular flexibility index (Phi) is 5.41. The van der Waals surface area contributed by atoms with Crippen LogP contribution in [0.4, 0.5) is 0 Å². The van der Waals surface area contributed by atoms with Crippen LogP contribution < -0.4 is 5.32 Å². The maximum Gasteiger partial charge on any atom is 0.303 e. The quantitative estimate of drug-likeness (QED) is 0.643. The highest BCUT2D eigenvalue weighted by atomic mass is 16.4. The first-order chi connectivity index (χ1) is 7.97. The van der Waals surface area contributed by atoms with Gasteiger partial charge in [-0.3, -0.25) is 9.59 Å². The highest BCUT2D eigenvalue weighted by molar-refractivity contribution is 5.77. The largest absolute Gasteiger partial charge is 0.481 e. The fourth-order valence-electron chi connectivity index (χ4n) is 2.25. The summed E-state index contributed by atoms with van der Waals surface area (Å²) in [5.41, 5.74) is 0. The maximum atomic E-state index is 11.5. The van der Waals surface area contributed by atoms with Crippen molar-refractivity contribution in [1.82, 2.24) is 5.32 Å². The van der Waals surface area contributed by atoms with E-state index in [1.54, 1.807) is 6.92 Å². The highest BCUT2D eigenvalue weighted by Gasteiger charge is 2.23. The third kappa shape index (κ3) is 5.68. The number of aliphatic carboxylic acids is 1. The van der Waals surface area contributed by atoms with Crippen LogP contribution in [-0.4, -0.2) is 34.7 Å². The summed E-state index contributed by atoms with van der Waals surface area (Å²) < 4.78 is 0. The van der Waals surface area contributed by atoms with E-state index in [9.17, 15) is 14.7 Å². The van der Waals surface area contributed by atoms with E-state index in [0.717, 1.165) is 19.3 Å². The lowest BCUT2D eigenvalue weighted by atomic mass is 10.0. The second-order valence-electron chi connectivity index (χ2n) is 5.04. The average molecular weight is 243 g/mol. The summed E-state index contributed by atoms with van der Waals surface area (Å²) in [7, 11) is 0. The summed E-state index contributed by atoms with van der Waals surface area (Å²) in [6.07, 6.45) is 2.58. The second-order valence-corrected chi connectivity index (χ2v) is 5.04. The fourth-order valence-corrected chi connectivity index (χ4v) is 2.25. The molecule has 0 aromatic carbocycles. The Labute approximate surface area is 101 Å². The van der Waals surface area contributed by atoms with Crippen LogP contribution in [0.2, 0.25) is 0 Å². The van der Waals surface area contributed by atoms with Crippen LogP contribution in [-0.2, 0) is 9.59 Å². The van der Waals surface area contributed by atoms with Gasteiger partial charge in [0.15, 0.2) is 0 Å². The van der Waals surface area contributed by atoms with E-state index in [-0.39, 0.29) is 30.8 Å². The highest BCUT2D eigenvalue weighted by Crippen LogP contribution is 2.24. The first-order valence-corrected chi connectivity index (χ1v) is 6.14. The number of hydrogen-bond acceptors (Lipinski definition) is 3. The number of hydrogen-bond donors (Lipinski definition) is 3. The molecule has 5 nitrogen and oxygen atoms in total. The van der Waals surface area contributed by atoms with Gasteiger partial charge in [0.1, 0.15) is 0 Å². The molecule has 0 spiro atoms. The van der Waals surface area contributed by atoms with Crippen molar-refractivity contribution < 1.29 is 19.8 Å². The van der Waals surface area contributed by atoms with E-state index < -0.39 is 5.97 Å². The Morgan fingerprint density at radius 1 is 1.35 bits per heavy atom. The molecule has 1 rings (SSSR count). The number of rotatable bonds is 6. The summed E-state index contributed by atoms with van der Waals surface area (Å²) in [6, 6.07) is 0. The van der Waals surface area contributed by atoms with Gasteiger partial charge in [0, 0.05) is 19.4 Å². The summed E-state index contributed by atoms with van der Waals surface area (Å²) in [4.78, 5) is 21.9. The van der Waals surface area contributed by atoms with Crippen LogP contribution in [0.15, 0.2) is 0 Å². The third-order valence-corrected chi connectivity index (χ3v) is 3.16. The van der Waals surface area contributed by atoms with Gasteiger partial charge in [0.2, 0.25) is 5.91 Å². The molecule has 0 heterocycles. The average Bonchev–Trinajstić information content (AvgIpc) is 2.59. The van der Waals surface area contributed by atoms with E-state index in [1.165, 1.54) is 0 Å². The van der Waals surface area contributed by atoms with Gasteiger partial charge in [-0.2, -0.15) is 0 Å². The number of carboxylic acids is 1. The summed E-state index contributed by atoms with van der Waals surface area (Å²) in [5, 5.41) is 20.7. The predicted molar refractivity (Wildman–Crippen MR) is 62.4 cm³/mol. The monoisotopic (exact) mass is 243 g/mol. The summed E-state index contributed by atoms with van der Waals surface area (Å²) in [6.45, 7) is 2.35. The van der Waals surface area contributed by atoms with E-state index in [4.69, 9.17) is 5.11 Å². The van der Waals surface area contributed by atoms with Crippen LogP contribution in [0.3, 0.4) is 0 Å². The van der Waals surface area contributed by atoms with Crippen LogP contribution in [0.5, 0.6) is 0 Å². The molecule has 1 amide bonds. The van der Waals surface area contributed by atoms with Crippen molar-refractivity contribution in [1.29, 1.82) is 0 Å². The number of carbonyl (C=O) groups is 2. The van der Waals surface area contributed by atoms with Crippen LogP contribution >= 0.6 is 0 Å². The molecule has 3 N–H and O–H groups in total. The molecule has 1 aliphatic carbocycles. The molecule has 5 heteroatoms. The molecular weight excluding hydrogens is 222 g/mol. The first-order valence-electron chi connectivity index (χ1n) is 6.14. The summed E-state index contributed by atoms with van der Waals surface area (Å²) in [5.74, 6) is -0.741. The van der Waals surface area contributed by atoms with Crippen molar-refractivity contribution in [3.05, 3.63) is 0 Å². The molecule has 3 unspecified atom stereocenters. The third-order valence-electron chi connectivity index (χ3n) is 3.16. The van der Waals surface area contributed by atoms with Gasteiger partial charge in [-0.1, -0.05) is 6.92 Å². The maximum absolute atomic E-state index is 11.5. The van der Waals surface area contributed by atoms with Gasteiger partial charge in [-0.25, -0.2) is 0 Å². The lowest BCUT2D eigenvalue weighted by Gasteiger charge is -2.12. The molecule has 0 aromatic heterocycles. The minimum atomic E-state index is -0.871. The topological polar surface area (TPSA) is 86.6 Å². The van der Waals surface area contributed by atoms with Crippen molar-refractivity contribution in [2.75, 3.05) is 6.54 Å². The van der Waals surface area contributed by atoms with Gasteiger partial charge in [-0.15, -0.1) is 0 Å². The van der Waals surface area contributed by atoms with E-state index in [2.05, 4.69) is 5.32 Å². The number of carbonyl (C=O) groups excluding carboxylic acids is 1. The van der Waals surface area contributed by atoms with Crippen LogP contribution in [0, 0.1) is 11.8 Å². The molecule has 0 aromatic rings. The standard InChI is InChI=1S/C12H21NO4/c1-8(5-12(16)17)4-11(15)13-7-9-2-3-10(14)6-9/h8-10,14H,2-7H2,1H3,(H,13,15)(H,16,17). The van der Waals surface area contributed by atoms with Gasteiger partial charge >= 0.3 is 5.97 Å². The number of aliphatic hydroxyl groups is 1. The summed E-state index contributed by atoms with van der Waals surface area (Å²) >= 11 is 0. The molecule has 0 radical (unpaired) electrons. The van der Waals surface area contributed by atoms with Gasteiger partial charge in [0.25, 0.3) is 0 Å². The van der Waals surface area contributed by atoms with Gasteiger partial charge in [0.05, 0.1) is 6.10 Å². The Morgan fingerprint density at radius 3 is 2.59 bits per heavy atom. The molecule has 1 fully saturated rings. The Bertz CT molecular complexity index is 280. The van der Waals surface area contributed by atoms with Gasteiger partial charge in [-0.05, 0) is 31.1 Å². The molecule has 1 saturated carbocycles. The fraction of sp³-hybridized carbons (Fsp3) is 0.833. The molecule has 98 valence electrons. The lowest BCUT2D eigenvalue weighted by Crippen LogP contribution is -2.30. The smallest absolute Gasteiger partial charge is 0.303 e. The van der Waals surface area contributed by atoms with Crippen molar-refractivity contribution >= 4 is 11.9 Å². The molecule has 0 saturated heterocycles. The Hall–Kier alpha value is -1.10. The number of amides is 1. The van der Waals surface area contributed by atoms with Crippen molar-refractivity contribution in [3.8, 4) is 0 Å². The molecule has 17 heavy (non-hydrogen) atoms. The Morgan fingerprint density at radius 2 is 2.06 bits per heavy atom. The predicted octanol–water partition coefficient (Wildman–Crippen LogP) is 0.764. The van der Waals surface area contributed by atoms with E-state index >= 15 is 0 Å². The minimum absolute atomic E-state index is 0.0234. The van der Waals surface area contributed by atoms with E-state index in [1.807, 2.05) is 0 Å². The SMILES string of the molecule is CC(CC(=O)O)CC(=O)NCC1CCC(O)C1. The number of carboxylic acid groups (broad SMARTS) is 1. The molecule has 0 bridgehead atoms. The zero-order valence-electron chi connectivity index (χ0n) is 10.2. The second kappa shape index (κ2) is 6.59. The van der Waals surface area contributed by atoms with Gasteiger partial charge < -0.3 is 15.5 Å². The van der Waals surface area contributed by atoms with Crippen LogP contribution in [0.25, 0.3) is 0 Å². The molecule has 3 atom stereocenters. The van der Waals surface area contributed by atoms with Crippen molar-refractivity contribution in [2.45, 2.75) is 45.1 Å². The Balaban J connectivity index is 2.14. The van der Waals surface area contributed by atoms with Crippen LogP contribution in [0.1, 0.15) is 39.0 Å². The first kappa shape index (κ1) is 14.0. The molecule has 0 aliphatic heterocycles. The van der Waals surface area contributed by atoms with E-state index in [0.29, 0.717) is 12.5 Å². The normalized spacial score (nSPS) is 25.5. The zero-order chi connectivity index (χ0) is 12.8. The zero-order valence-corrected chi connectivity index (χ0v) is 10.2. The molecular formula is C12H21NO4. The number of nitrogens with one attached hydrogen (secondary N) is 1. The lowest BCUT2D eigenvalue weighted by molar-refractivity contribution is -0.138. The minimum Gasteiger partial charge on any atom is -0.481 e.